The molecule has 2 fully saturated rings. The quantitative estimate of drug-likeness (QED) is 0.824. The normalized spacial score (nSPS) is 22.1. The Labute approximate surface area is 157 Å². The smallest absolute Gasteiger partial charge is 0.227 e. The maximum Gasteiger partial charge on any atom is 0.227 e. The summed E-state index contributed by atoms with van der Waals surface area (Å²) in [6, 6.07) is 7.50. The van der Waals surface area contributed by atoms with Gasteiger partial charge in [-0.25, -0.2) is 0 Å². The van der Waals surface area contributed by atoms with Gasteiger partial charge in [0.05, 0.1) is 6.42 Å². The summed E-state index contributed by atoms with van der Waals surface area (Å²) in [6.45, 7) is 4.53. The second-order valence-electron chi connectivity index (χ2n) is 7.24. The van der Waals surface area contributed by atoms with Gasteiger partial charge in [0.2, 0.25) is 11.8 Å². The fourth-order valence-corrected chi connectivity index (χ4v) is 4.37. The van der Waals surface area contributed by atoms with Gasteiger partial charge < -0.3 is 14.2 Å². The minimum absolute atomic E-state index is 0.0370. The van der Waals surface area contributed by atoms with E-state index in [9.17, 15) is 4.79 Å². The molecular weight excluding hydrogens is 354 g/mol. The number of amides is 1. The van der Waals surface area contributed by atoms with Crippen LogP contribution >= 0.6 is 11.6 Å². The minimum atomic E-state index is -0.0370. The third-order valence-electron chi connectivity index (χ3n) is 5.64. The predicted octanol–water partition coefficient (Wildman–Crippen LogP) is 3.00. The van der Waals surface area contributed by atoms with Crippen LogP contribution in [0.3, 0.4) is 0 Å². The topological polar surface area (TPSA) is 68.5 Å². The van der Waals surface area contributed by atoms with E-state index in [1.807, 2.05) is 29.2 Å². The lowest BCUT2D eigenvalue weighted by Crippen LogP contribution is -2.37. The zero-order valence-electron chi connectivity index (χ0n) is 14.8. The summed E-state index contributed by atoms with van der Waals surface area (Å²) in [5.74, 6) is 1.44. The van der Waals surface area contributed by atoms with Crippen LogP contribution < -0.4 is 0 Å². The van der Waals surface area contributed by atoms with Gasteiger partial charge >= 0.3 is 0 Å². The SMILES string of the molecule is Cc1nc(C2CN(C(=O)Cc3ccccc3Cl)CC23CCOCC3)no1. The van der Waals surface area contributed by atoms with Gasteiger partial charge in [0, 0.05) is 49.6 Å². The van der Waals surface area contributed by atoms with Gasteiger partial charge in [-0.05, 0) is 24.5 Å². The van der Waals surface area contributed by atoms with Crippen LogP contribution in [0.25, 0.3) is 0 Å². The van der Waals surface area contributed by atoms with Crippen LogP contribution in [0.15, 0.2) is 28.8 Å². The van der Waals surface area contributed by atoms with Crippen molar-refractivity contribution in [3.63, 3.8) is 0 Å². The Kier molecular flexibility index (Phi) is 4.71. The predicted molar refractivity (Wildman–Crippen MR) is 96.0 cm³/mol. The molecule has 2 aliphatic heterocycles. The van der Waals surface area contributed by atoms with Crippen molar-refractivity contribution in [2.24, 2.45) is 5.41 Å². The molecule has 138 valence electrons. The summed E-state index contributed by atoms with van der Waals surface area (Å²) in [4.78, 5) is 19.3. The van der Waals surface area contributed by atoms with E-state index in [4.69, 9.17) is 20.9 Å². The number of nitrogens with zero attached hydrogens (tertiary/aromatic N) is 3. The lowest BCUT2D eigenvalue weighted by atomic mass is 9.72. The third-order valence-corrected chi connectivity index (χ3v) is 6.01. The number of carbonyl (C=O) groups excluding carboxylic acids is 1. The summed E-state index contributed by atoms with van der Waals surface area (Å²) < 4.78 is 10.8. The van der Waals surface area contributed by atoms with Crippen LogP contribution in [-0.4, -0.2) is 47.3 Å². The largest absolute Gasteiger partial charge is 0.381 e. The number of halogens is 1. The summed E-state index contributed by atoms with van der Waals surface area (Å²) in [6.07, 6.45) is 2.12. The van der Waals surface area contributed by atoms with Gasteiger partial charge in [0.25, 0.3) is 0 Å². The van der Waals surface area contributed by atoms with E-state index in [2.05, 4.69) is 10.1 Å². The Bertz CT molecular complexity index is 801. The average Bonchev–Trinajstić information content (AvgIpc) is 3.22. The Morgan fingerprint density at radius 3 is 2.81 bits per heavy atom. The number of ether oxygens (including phenoxy) is 1. The van der Waals surface area contributed by atoms with E-state index >= 15 is 0 Å². The molecule has 4 rings (SSSR count). The molecule has 7 heteroatoms. The van der Waals surface area contributed by atoms with Gasteiger partial charge in [0.15, 0.2) is 5.82 Å². The number of carbonyl (C=O) groups is 1. The highest BCUT2D eigenvalue weighted by molar-refractivity contribution is 6.31. The van der Waals surface area contributed by atoms with Crippen molar-refractivity contribution in [2.45, 2.75) is 32.1 Å². The highest BCUT2D eigenvalue weighted by Gasteiger charge is 2.50. The van der Waals surface area contributed by atoms with Gasteiger partial charge in [-0.2, -0.15) is 4.98 Å². The number of aryl methyl sites for hydroxylation is 1. The van der Waals surface area contributed by atoms with Crippen molar-refractivity contribution >= 4 is 17.5 Å². The first-order valence-corrected chi connectivity index (χ1v) is 9.34. The van der Waals surface area contributed by atoms with Crippen molar-refractivity contribution < 1.29 is 14.1 Å². The van der Waals surface area contributed by atoms with Crippen molar-refractivity contribution in [1.29, 1.82) is 0 Å². The summed E-state index contributed by atoms with van der Waals surface area (Å²) in [7, 11) is 0. The van der Waals surface area contributed by atoms with Crippen LogP contribution in [0, 0.1) is 12.3 Å². The fraction of sp³-hybridized carbons (Fsp3) is 0.526. The first-order chi connectivity index (χ1) is 12.6. The van der Waals surface area contributed by atoms with Crippen LogP contribution in [0.4, 0.5) is 0 Å². The van der Waals surface area contributed by atoms with E-state index in [1.165, 1.54) is 0 Å². The van der Waals surface area contributed by atoms with Gasteiger partial charge in [-0.3, -0.25) is 4.79 Å². The zero-order valence-corrected chi connectivity index (χ0v) is 15.5. The van der Waals surface area contributed by atoms with Gasteiger partial charge in [-0.15, -0.1) is 0 Å². The molecule has 0 N–H and O–H groups in total. The van der Waals surface area contributed by atoms with Crippen molar-refractivity contribution in [3.05, 3.63) is 46.6 Å². The Hall–Kier alpha value is -1.92. The van der Waals surface area contributed by atoms with E-state index in [-0.39, 0.29) is 17.2 Å². The summed E-state index contributed by atoms with van der Waals surface area (Å²) >= 11 is 6.22. The van der Waals surface area contributed by atoms with Crippen LogP contribution in [0.5, 0.6) is 0 Å². The Morgan fingerprint density at radius 2 is 2.12 bits per heavy atom. The van der Waals surface area contributed by atoms with E-state index in [0.29, 0.717) is 49.5 Å². The molecule has 1 atom stereocenters. The second kappa shape index (κ2) is 7.00. The monoisotopic (exact) mass is 375 g/mol. The van der Waals surface area contributed by atoms with E-state index < -0.39 is 0 Å². The van der Waals surface area contributed by atoms with Gasteiger partial charge in [-0.1, -0.05) is 35.0 Å². The highest BCUT2D eigenvalue weighted by Crippen LogP contribution is 2.48. The maximum absolute atomic E-state index is 12.9. The zero-order chi connectivity index (χ0) is 18.1. The van der Waals surface area contributed by atoms with Crippen LogP contribution in [-0.2, 0) is 16.0 Å². The average molecular weight is 376 g/mol. The molecule has 1 spiro atoms. The van der Waals surface area contributed by atoms with Crippen molar-refractivity contribution in [3.8, 4) is 0 Å². The molecule has 0 bridgehead atoms. The molecule has 2 aromatic rings. The van der Waals surface area contributed by atoms with Gasteiger partial charge in [0.1, 0.15) is 0 Å². The molecule has 1 amide bonds. The van der Waals surface area contributed by atoms with E-state index in [0.717, 1.165) is 18.4 Å². The first-order valence-electron chi connectivity index (χ1n) is 8.96. The minimum Gasteiger partial charge on any atom is -0.381 e. The highest BCUT2D eigenvalue weighted by atomic mass is 35.5. The maximum atomic E-state index is 12.9. The molecule has 1 aromatic heterocycles. The van der Waals surface area contributed by atoms with E-state index in [1.54, 1.807) is 6.92 Å². The number of hydrogen-bond acceptors (Lipinski definition) is 5. The number of hydrogen-bond donors (Lipinski definition) is 0. The molecule has 1 unspecified atom stereocenters. The molecule has 1 aromatic carbocycles. The number of benzene rings is 1. The number of rotatable bonds is 3. The standard InChI is InChI=1S/C19H22ClN3O3/c1-13-21-18(22-26-13)15-11-23(12-19(15)6-8-25-9-7-19)17(24)10-14-4-2-3-5-16(14)20/h2-5,15H,6-12H2,1H3. The number of aromatic nitrogens is 2. The van der Waals surface area contributed by atoms with Crippen LogP contribution in [0.1, 0.15) is 36.0 Å². The molecule has 0 radical (unpaired) electrons. The first kappa shape index (κ1) is 17.5. The summed E-state index contributed by atoms with van der Waals surface area (Å²) in [5, 5.41) is 4.78. The number of likely N-dealkylation sites (tertiary alicyclic amines) is 1. The molecule has 26 heavy (non-hydrogen) atoms. The second-order valence-corrected chi connectivity index (χ2v) is 7.65. The Morgan fingerprint density at radius 1 is 1.35 bits per heavy atom. The van der Waals surface area contributed by atoms with Crippen molar-refractivity contribution in [2.75, 3.05) is 26.3 Å². The lowest BCUT2D eigenvalue weighted by molar-refractivity contribution is -0.130. The molecule has 2 saturated heterocycles. The molecule has 3 heterocycles. The molecule has 2 aliphatic rings. The van der Waals surface area contributed by atoms with Crippen molar-refractivity contribution in [1.82, 2.24) is 15.0 Å². The Balaban J connectivity index is 1.56. The molecular formula is C19H22ClN3O3. The molecule has 6 nitrogen and oxygen atoms in total. The van der Waals surface area contributed by atoms with Crippen LogP contribution in [0.2, 0.25) is 5.02 Å². The lowest BCUT2D eigenvalue weighted by Gasteiger charge is -2.36. The third kappa shape index (κ3) is 3.23. The fourth-order valence-electron chi connectivity index (χ4n) is 4.17. The summed E-state index contributed by atoms with van der Waals surface area (Å²) in [5.41, 5.74) is 0.823. The molecule has 0 saturated carbocycles. The molecule has 0 aliphatic carbocycles.